The first-order valence-corrected chi connectivity index (χ1v) is 16.5. The van der Waals surface area contributed by atoms with Crippen molar-refractivity contribution in [3.05, 3.63) is 156 Å². The molecule has 0 unspecified atom stereocenters. The van der Waals surface area contributed by atoms with Crippen molar-refractivity contribution in [3.8, 4) is 46.5 Å². The van der Waals surface area contributed by atoms with Gasteiger partial charge in [0.05, 0.1) is 12.1 Å². The molecule has 0 N–H and O–H groups in total. The lowest BCUT2D eigenvalue weighted by atomic mass is 9.77. The van der Waals surface area contributed by atoms with Gasteiger partial charge >= 0.3 is 0 Å². The first-order chi connectivity index (χ1) is 24.4. The second-order valence-corrected chi connectivity index (χ2v) is 13.0. The zero-order valence-electron chi connectivity index (χ0n) is 29.7. The van der Waals surface area contributed by atoms with Gasteiger partial charge in [0.1, 0.15) is 35.7 Å². The van der Waals surface area contributed by atoms with Crippen LogP contribution in [-0.2, 0) is 5.41 Å². The lowest BCUT2D eigenvalue weighted by Crippen LogP contribution is -2.19. The number of nitrogens with zero attached hydrogens (tertiary/aromatic N) is 4. The molecule has 0 atom stereocenters. The summed E-state index contributed by atoms with van der Waals surface area (Å²) in [7, 11) is 0. The van der Waals surface area contributed by atoms with Gasteiger partial charge in [-0.15, -0.1) is 0 Å². The molecule has 2 aromatic heterocycles. The van der Waals surface area contributed by atoms with Gasteiger partial charge in [0, 0.05) is 5.41 Å². The summed E-state index contributed by atoms with van der Waals surface area (Å²) in [5, 5.41) is 0. The van der Waals surface area contributed by atoms with Crippen LogP contribution in [-0.4, -0.2) is 19.9 Å². The Bertz CT molecular complexity index is 2050. The minimum absolute atomic E-state index is 0.308. The van der Waals surface area contributed by atoms with E-state index in [1.807, 2.05) is 88.4 Å². The van der Waals surface area contributed by atoms with Crippen molar-refractivity contribution >= 4 is 11.1 Å². The molecule has 0 fully saturated rings. The molecule has 51 heavy (non-hydrogen) atoms. The lowest BCUT2D eigenvalue weighted by molar-refractivity contribution is 0.431. The van der Waals surface area contributed by atoms with Gasteiger partial charge in [0.25, 0.3) is 0 Å². The maximum atomic E-state index is 6.18. The number of allylic oxidation sites excluding steroid dienone is 2. The van der Waals surface area contributed by atoms with Crippen LogP contribution >= 0.6 is 0 Å². The van der Waals surface area contributed by atoms with Crippen LogP contribution in [0.4, 0.5) is 0 Å². The van der Waals surface area contributed by atoms with E-state index in [0.717, 1.165) is 44.5 Å². The van der Waals surface area contributed by atoms with Gasteiger partial charge in [-0.25, -0.2) is 19.9 Å². The molecule has 0 bridgehead atoms. The van der Waals surface area contributed by atoms with E-state index < -0.39 is 0 Å². The van der Waals surface area contributed by atoms with E-state index in [2.05, 4.69) is 71.2 Å². The molecule has 256 valence electrons. The predicted molar refractivity (Wildman–Crippen MR) is 201 cm³/mol. The minimum atomic E-state index is -0.308. The summed E-state index contributed by atoms with van der Waals surface area (Å²) in [5.41, 5.74) is 8.01. The van der Waals surface area contributed by atoms with Crippen molar-refractivity contribution in [1.82, 2.24) is 19.9 Å². The molecule has 0 radical (unpaired) electrons. The molecule has 0 aliphatic carbocycles. The lowest BCUT2D eigenvalue weighted by Gasteiger charge is -2.27. The molecule has 8 heteroatoms. The Kier molecular flexibility index (Phi) is 9.95. The maximum Gasteiger partial charge on any atom is 0.226 e. The summed E-state index contributed by atoms with van der Waals surface area (Å²) in [4.78, 5) is 17.1. The van der Waals surface area contributed by atoms with Crippen molar-refractivity contribution < 1.29 is 18.9 Å². The Morgan fingerprint density at radius 2 is 0.843 bits per heavy atom. The molecule has 4 aromatic carbocycles. The van der Waals surface area contributed by atoms with Gasteiger partial charge in [-0.05, 0) is 97.5 Å². The fourth-order valence-corrected chi connectivity index (χ4v) is 5.42. The molecule has 6 rings (SSSR count). The van der Waals surface area contributed by atoms with E-state index in [9.17, 15) is 0 Å². The van der Waals surface area contributed by atoms with E-state index in [1.165, 1.54) is 12.7 Å². The highest BCUT2D eigenvalue weighted by Gasteiger charge is 2.25. The van der Waals surface area contributed by atoms with E-state index in [1.54, 1.807) is 12.1 Å². The van der Waals surface area contributed by atoms with Crippen LogP contribution in [0.15, 0.2) is 123 Å². The molecular formula is C43H40N4O4. The highest BCUT2D eigenvalue weighted by molar-refractivity contribution is 5.62. The van der Waals surface area contributed by atoms with Gasteiger partial charge in [-0.2, -0.15) is 0 Å². The summed E-state index contributed by atoms with van der Waals surface area (Å²) in [6.45, 7) is 20.3. The third kappa shape index (κ3) is 8.31. The van der Waals surface area contributed by atoms with Gasteiger partial charge in [-0.3, -0.25) is 0 Å². The van der Waals surface area contributed by atoms with Crippen LogP contribution < -0.4 is 18.9 Å². The van der Waals surface area contributed by atoms with E-state index >= 15 is 0 Å². The zero-order valence-corrected chi connectivity index (χ0v) is 29.7. The highest BCUT2D eigenvalue weighted by Crippen LogP contribution is 2.38. The largest absolute Gasteiger partial charge is 0.439 e. The van der Waals surface area contributed by atoms with Gasteiger partial charge in [-0.1, -0.05) is 86.7 Å². The van der Waals surface area contributed by atoms with E-state index in [-0.39, 0.29) is 5.41 Å². The minimum Gasteiger partial charge on any atom is -0.439 e. The van der Waals surface area contributed by atoms with Crippen LogP contribution in [0.3, 0.4) is 0 Å². The standard InChI is InChI=1S/C43H40N4O4/c1-27(2)31-9-15-35(16-10-31)48-39-23-41(46-25-44-39)50-37-19-13-33(21-29(37)5)43(7,8)34-14-20-38(30(6)22-34)51-42-24-40(45-26-47-42)49-36-17-11-32(12-18-36)28(3)4/h9-26H,1,3H2,2,4-8H3. The molecule has 0 aliphatic rings. The van der Waals surface area contributed by atoms with Crippen LogP contribution in [0.1, 0.15) is 61.1 Å². The number of hydrogen-bond acceptors (Lipinski definition) is 8. The SMILES string of the molecule is C=C(C)c1ccc(Oc2cc(Oc3ccc(C(C)(C)c4ccc(Oc5cc(Oc6ccc(C(=C)C)cc6)ncn5)c(C)c4)cc3C)ncn2)cc1. The molecule has 0 amide bonds. The molecule has 6 aromatic rings. The molecule has 2 heterocycles. The van der Waals surface area contributed by atoms with E-state index in [0.29, 0.717) is 46.5 Å². The Morgan fingerprint density at radius 3 is 1.18 bits per heavy atom. The monoisotopic (exact) mass is 676 g/mol. The first kappa shape index (κ1) is 34.6. The van der Waals surface area contributed by atoms with Crippen LogP contribution in [0, 0.1) is 13.8 Å². The average Bonchev–Trinajstić information content (AvgIpc) is 3.11. The zero-order chi connectivity index (χ0) is 36.1. The number of rotatable bonds is 12. The number of hydrogen-bond donors (Lipinski definition) is 0. The summed E-state index contributed by atoms with van der Waals surface area (Å²) < 4.78 is 24.2. The van der Waals surface area contributed by atoms with Crippen LogP contribution in [0.2, 0.25) is 0 Å². The van der Waals surface area contributed by atoms with Crippen molar-refractivity contribution in [3.63, 3.8) is 0 Å². The van der Waals surface area contributed by atoms with Crippen LogP contribution in [0.5, 0.6) is 46.5 Å². The summed E-state index contributed by atoms with van der Waals surface area (Å²) in [5.74, 6) is 4.27. The second-order valence-electron chi connectivity index (χ2n) is 13.0. The molecule has 8 nitrogen and oxygen atoms in total. The summed E-state index contributed by atoms with van der Waals surface area (Å²) in [6.07, 6.45) is 2.86. The van der Waals surface area contributed by atoms with Crippen molar-refractivity contribution in [2.24, 2.45) is 0 Å². The third-order valence-corrected chi connectivity index (χ3v) is 8.60. The van der Waals surface area contributed by atoms with Crippen LogP contribution in [0.25, 0.3) is 11.1 Å². The number of aromatic nitrogens is 4. The first-order valence-electron chi connectivity index (χ1n) is 16.5. The Balaban J connectivity index is 1.12. The summed E-state index contributed by atoms with van der Waals surface area (Å²) >= 11 is 0. The molecule has 0 saturated carbocycles. The maximum absolute atomic E-state index is 6.18. The predicted octanol–water partition coefficient (Wildman–Crippen LogP) is 11.4. The third-order valence-electron chi connectivity index (χ3n) is 8.60. The van der Waals surface area contributed by atoms with E-state index in [4.69, 9.17) is 18.9 Å². The Morgan fingerprint density at radius 1 is 0.490 bits per heavy atom. The fourth-order valence-electron chi connectivity index (χ4n) is 5.42. The van der Waals surface area contributed by atoms with Crippen molar-refractivity contribution in [2.75, 3.05) is 0 Å². The molecular weight excluding hydrogens is 636 g/mol. The highest BCUT2D eigenvalue weighted by atomic mass is 16.5. The number of benzene rings is 4. The van der Waals surface area contributed by atoms with Gasteiger partial charge in [0.2, 0.25) is 23.5 Å². The van der Waals surface area contributed by atoms with Gasteiger partial charge in [0.15, 0.2) is 0 Å². The normalized spacial score (nSPS) is 11.1. The number of aryl methyl sites for hydroxylation is 2. The second kappa shape index (κ2) is 14.7. The molecule has 0 spiro atoms. The average molecular weight is 677 g/mol. The Labute approximate surface area is 299 Å². The number of ether oxygens (including phenoxy) is 4. The summed E-state index contributed by atoms with van der Waals surface area (Å²) in [6, 6.07) is 31.1. The smallest absolute Gasteiger partial charge is 0.226 e. The fraction of sp³-hybridized carbons (Fsp3) is 0.163. The van der Waals surface area contributed by atoms with Crippen molar-refractivity contribution in [1.29, 1.82) is 0 Å². The van der Waals surface area contributed by atoms with Crippen molar-refractivity contribution in [2.45, 2.75) is 47.0 Å². The molecule has 0 aliphatic heterocycles. The Hall–Kier alpha value is -6.28. The van der Waals surface area contributed by atoms with Gasteiger partial charge < -0.3 is 18.9 Å². The topological polar surface area (TPSA) is 88.5 Å². The quantitative estimate of drug-likeness (QED) is 0.127. The molecule has 0 saturated heterocycles.